The van der Waals surface area contributed by atoms with Gasteiger partial charge in [0.25, 0.3) is 0 Å². The molecule has 0 amide bonds. The van der Waals surface area contributed by atoms with E-state index in [1.165, 1.54) is 11.8 Å². The number of nitrogens with zero attached hydrogens (tertiary/aromatic N) is 3. The van der Waals surface area contributed by atoms with Crippen LogP contribution in [0.15, 0.2) is 35.5 Å². The molecule has 6 heteroatoms. The molecule has 0 radical (unpaired) electrons. The van der Waals surface area contributed by atoms with Gasteiger partial charge >= 0.3 is 5.97 Å². The fraction of sp³-hybridized carbons (Fsp3) is 0.308. The van der Waals surface area contributed by atoms with E-state index in [4.69, 9.17) is 4.74 Å². The first kappa shape index (κ1) is 13.6. The zero-order valence-corrected chi connectivity index (χ0v) is 11.7. The van der Waals surface area contributed by atoms with E-state index in [2.05, 4.69) is 10.2 Å². The highest BCUT2D eigenvalue weighted by atomic mass is 32.2. The van der Waals surface area contributed by atoms with Crippen molar-refractivity contribution in [1.82, 2.24) is 14.8 Å². The van der Waals surface area contributed by atoms with E-state index < -0.39 is 0 Å². The second-order valence-corrected chi connectivity index (χ2v) is 4.77. The summed E-state index contributed by atoms with van der Waals surface area (Å²) in [6.45, 7) is 2.19. The summed E-state index contributed by atoms with van der Waals surface area (Å²) in [4.78, 5) is 11.3. The highest BCUT2D eigenvalue weighted by Crippen LogP contribution is 2.22. The van der Waals surface area contributed by atoms with E-state index >= 15 is 0 Å². The Morgan fingerprint density at radius 2 is 2.05 bits per heavy atom. The lowest BCUT2D eigenvalue weighted by Gasteiger charge is -2.03. The molecule has 2 rings (SSSR count). The summed E-state index contributed by atoms with van der Waals surface area (Å²) >= 11 is 1.33. The maximum Gasteiger partial charge on any atom is 0.316 e. The summed E-state index contributed by atoms with van der Waals surface area (Å²) in [5.74, 6) is 0.790. The second-order valence-electron chi connectivity index (χ2n) is 3.82. The molecular formula is C13H15N3O2S. The quantitative estimate of drug-likeness (QED) is 0.619. The van der Waals surface area contributed by atoms with Crippen LogP contribution in [0.3, 0.4) is 0 Å². The van der Waals surface area contributed by atoms with Gasteiger partial charge in [-0.25, -0.2) is 0 Å². The average Bonchev–Trinajstić information content (AvgIpc) is 2.79. The van der Waals surface area contributed by atoms with Gasteiger partial charge in [0.2, 0.25) is 0 Å². The molecule has 0 aliphatic rings. The molecule has 1 heterocycles. The van der Waals surface area contributed by atoms with Gasteiger partial charge in [0.15, 0.2) is 11.0 Å². The lowest BCUT2D eigenvalue weighted by atomic mass is 10.2. The zero-order chi connectivity index (χ0) is 13.7. The number of benzene rings is 1. The van der Waals surface area contributed by atoms with Crippen LogP contribution in [0.1, 0.15) is 6.92 Å². The van der Waals surface area contributed by atoms with Gasteiger partial charge < -0.3 is 9.30 Å². The summed E-state index contributed by atoms with van der Waals surface area (Å²) in [7, 11) is 1.88. The molecule has 1 aromatic carbocycles. The van der Waals surface area contributed by atoms with Gasteiger partial charge in [-0.1, -0.05) is 42.1 Å². The summed E-state index contributed by atoms with van der Waals surface area (Å²) in [5.41, 5.74) is 1.00. The highest BCUT2D eigenvalue weighted by molar-refractivity contribution is 7.99. The minimum absolute atomic E-state index is 0.239. The molecule has 0 aliphatic carbocycles. The monoisotopic (exact) mass is 277 g/mol. The summed E-state index contributed by atoms with van der Waals surface area (Å²) in [5, 5.41) is 8.94. The van der Waals surface area contributed by atoms with Gasteiger partial charge in [0, 0.05) is 12.6 Å². The molecule has 0 saturated carbocycles. The largest absolute Gasteiger partial charge is 0.465 e. The maximum atomic E-state index is 11.3. The SMILES string of the molecule is CCOC(=O)CSc1nnc(-c2ccccc2)n1C. The molecule has 0 N–H and O–H groups in total. The van der Waals surface area contributed by atoms with Crippen molar-refractivity contribution in [1.29, 1.82) is 0 Å². The Labute approximate surface area is 116 Å². The summed E-state index contributed by atoms with van der Waals surface area (Å²) in [6, 6.07) is 9.81. The molecule has 100 valence electrons. The van der Waals surface area contributed by atoms with Crippen molar-refractivity contribution in [3.8, 4) is 11.4 Å². The fourth-order valence-corrected chi connectivity index (χ4v) is 2.31. The molecule has 0 saturated heterocycles. The Balaban J connectivity index is 2.09. The predicted octanol–water partition coefficient (Wildman–Crippen LogP) is 2.14. The number of carbonyl (C=O) groups excluding carboxylic acids is 1. The van der Waals surface area contributed by atoms with E-state index in [0.29, 0.717) is 11.8 Å². The van der Waals surface area contributed by atoms with Crippen molar-refractivity contribution in [3.05, 3.63) is 30.3 Å². The van der Waals surface area contributed by atoms with Gasteiger partial charge in [0.05, 0.1) is 12.4 Å². The Morgan fingerprint density at radius 3 is 2.74 bits per heavy atom. The molecule has 0 spiro atoms. The normalized spacial score (nSPS) is 10.4. The number of ether oxygens (including phenoxy) is 1. The van der Waals surface area contributed by atoms with Crippen LogP contribution in [0.4, 0.5) is 0 Å². The number of aromatic nitrogens is 3. The van der Waals surface area contributed by atoms with Gasteiger partial charge in [-0.05, 0) is 6.92 Å². The molecule has 1 aromatic heterocycles. The minimum atomic E-state index is -0.239. The lowest BCUT2D eigenvalue weighted by molar-refractivity contribution is -0.139. The van der Waals surface area contributed by atoms with Crippen LogP contribution in [0.25, 0.3) is 11.4 Å². The van der Waals surface area contributed by atoms with Crippen molar-refractivity contribution in [2.45, 2.75) is 12.1 Å². The first-order valence-corrected chi connectivity index (χ1v) is 6.94. The van der Waals surface area contributed by atoms with Crippen LogP contribution in [0.5, 0.6) is 0 Å². The lowest BCUT2D eigenvalue weighted by Crippen LogP contribution is -2.07. The Hall–Kier alpha value is -1.82. The summed E-state index contributed by atoms with van der Waals surface area (Å²) < 4.78 is 6.75. The third-order valence-corrected chi connectivity index (χ3v) is 3.49. The second kappa shape index (κ2) is 6.38. The number of hydrogen-bond acceptors (Lipinski definition) is 5. The number of thioether (sulfide) groups is 1. The predicted molar refractivity (Wildman–Crippen MR) is 73.8 cm³/mol. The zero-order valence-electron chi connectivity index (χ0n) is 10.9. The molecule has 2 aromatic rings. The van der Waals surface area contributed by atoms with E-state index in [0.717, 1.165) is 11.4 Å². The number of carbonyl (C=O) groups is 1. The molecule has 0 aliphatic heterocycles. The van der Waals surface area contributed by atoms with Crippen LogP contribution in [0, 0.1) is 0 Å². The third-order valence-electron chi connectivity index (χ3n) is 2.49. The van der Waals surface area contributed by atoms with E-state index in [-0.39, 0.29) is 11.7 Å². The number of hydrogen-bond donors (Lipinski definition) is 0. The topological polar surface area (TPSA) is 57.0 Å². The Morgan fingerprint density at radius 1 is 1.32 bits per heavy atom. The molecule has 19 heavy (non-hydrogen) atoms. The van der Waals surface area contributed by atoms with Crippen molar-refractivity contribution >= 4 is 17.7 Å². The van der Waals surface area contributed by atoms with Gasteiger partial charge in [-0.3, -0.25) is 4.79 Å². The molecule has 0 atom stereocenters. The average molecular weight is 277 g/mol. The van der Waals surface area contributed by atoms with Crippen molar-refractivity contribution in [2.75, 3.05) is 12.4 Å². The van der Waals surface area contributed by atoms with E-state index in [1.807, 2.05) is 41.9 Å². The van der Waals surface area contributed by atoms with E-state index in [1.54, 1.807) is 6.92 Å². The minimum Gasteiger partial charge on any atom is -0.465 e. The van der Waals surface area contributed by atoms with Crippen LogP contribution in [-0.2, 0) is 16.6 Å². The highest BCUT2D eigenvalue weighted by Gasteiger charge is 2.12. The van der Waals surface area contributed by atoms with Crippen LogP contribution in [-0.4, -0.2) is 33.1 Å². The van der Waals surface area contributed by atoms with Crippen molar-refractivity contribution in [2.24, 2.45) is 7.05 Å². The Bertz CT molecular complexity index is 554. The van der Waals surface area contributed by atoms with E-state index in [9.17, 15) is 4.79 Å². The van der Waals surface area contributed by atoms with Gasteiger partial charge in [-0.15, -0.1) is 10.2 Å². The van der Waals surface area contributed by atoms with Gasteiger partial charge in [-0.2, -0.15) is 0 Å². The maximum absolute atomic E-state index is 11.3. The first-order chi connectivity index (χ1) is 9.22. The number of esters is 1. The smallest absolute Gasteiger partial charge is 0.316 e. The molecule has 0 fully saturated rings. The molecule has 0 bridgehead atoms. The molecular weight excluding hydrogens is 262 g/mol. The molecule has 5 nitrogen and oxygen atoms in total. The van der Waals surface area contributed by atoms with Crippen molar-refractivity contribution in [3.63, 3.8) is 0 Å². The first-order valence-electron chi connectivity index (χ1n) is 5.95. The van der Waals surface area contributed by atoms with Crippen LogP contribution < -0.4 is 0 Å². The Kier molecular flexibility index (Phi) is 4.57. The summed E-state index contributed by atoms with van der Waals surface area (Å²) in [6.07, 6.45) is 0. The van der Waals surface area contributed by atoms with Crippen molar-refractivity contribution < 1.29 is 9.53 Å². The number of rotatable bonds is 5. The fourth-order valence-electron chi connectivity index (χ4n) is 1.61. The molecule has 0 unspecified atom stereocenters. The third kappa shape index (κ3) is 3.35. The standard InChI is InChI=1S/C13H15N3O2S/c1-3-18-11(17)9-19-13-15-14-12(16(13)2)10-7-5-4-6-8-10/h4-8H,3,9H2,1-2H3. The van der Waals surface area contributed by atoms with Crippen LogP contribution in [0.2, 0.25) is 0 Å². The van der Waals surface area contributed by atoms with Gasteiger partial charge in [0.1, 0.15) is 0 Å². The van der Waals surface area contributed by atoms with Crippen LogP contribution >= 0.6 is 11.8 Å².